The van der Waals surface area contributed by atoms with E-state index in [1.165, 1.54) is 64.7 Å². The van der Waals surface area contributed by atoms with Crippen LogP contribution in [-0.2, 0) is 9.47 Å². The van der Waals surface area contributed by atoms with Gasteiger partial charge in [0.25, 0.3) is 0 Å². The zero-order chi connectivity index (χ0) is 20.5. The predicted molar refractivity (Wildman–Crippen MR) is 120 cm³/mol. The van der Waals surface area contributed by atoms with E-state index in [0.717, 1.165) is 39.5 Å². The van der Waals surface area contributed by atoms with Crippen molar-refractivity contribution in [3.8, 4) is 0 Å². The first-order valence-electron chi connectivity index (χ1n) is 12.2. The third-order valence-corrected chi connectivity index (χ3v) is 7.32. The molecule has 3 rings (SSSR count). The Balaban J connectivity index is 1.44. The van der Waals surface area contributed by atoms with E-state index in [1.54, 1.807) is 0 Å². The molecular weight excluding hydrogens is 364 g/mol. The second kappa shape index (κ2) is 12.6. The number of hydrogen-bond donors (Lipinski definition) is 1. The highest BCUT2D eigenvalue weighted by Crippen LogP contribution is 2.20. The Labute approximate surface area is 179 Å². The molecule has 0 aromatic heterocycles. The summed E-state index contributed by atoms with van der Waals surface area (Å²) in [5.41, 5.74) is 0. The zero-order valence-corrected chi connectivity index (χ0v) is 19.3. The third kappa shape index (κ3) is 8.08. The topological polar surface area (TPSA) is 40.2 Å². The van der Waals surface area contributed by atoms with E-state index in [1.807, 2.05) is 0 Å². The number of ether oxygens (including phenoxy) is 2. The van der Waals surface area contributed by atoms with Crippen molar-refractivity contribution in [1.82, 2.24) is 20.0 Å². The fraction of sp³-hybridized carbons (Fsp3) is 1.00. The molecule has 170 valence electrons. The summed E-state index contributed by atoms with van der Waals surface area (Å²) < 4.78 is 11.1. The predicted octanol–water partition coefficient (Wildman–Crippen LogP) is 2.04. The van der Waals surface area contributed by atoms with Crippen LogP contribution in [0.15, 0.2) is 0 Å². The van der Waals surface area contributed by atoms with Crippen LogP contribution in [0.2, 0.25) is 0 Å². The SMILES string of the molecule is CC(CCC(CCC(C)N1CCN(C)CC1)N1CCOCC1)NC1CCOCC1. The molecule has 3 heterocycles. The molecular formula is C23H46N4O2. The maximum atomic E-state index is 5.63. The first-order valence-corrected chi connectivity index (χ1v) is 12.2. The molecule has 29 heavy (non-hydrogen) atoms. The fourth-order valence-corrected chi connectivity index (χ4v) is 5.12. The standard InChI is InChI=1S/C23H46N4O2/c1-20(24-22-8-16-28-17-9-22)4-6-23(27-14-18-29-19-15-27)7-5-21(2)26-12-10-25(3)11-13-26/h20-24H,4-19H2,1-3H3. The number of nitrogens with zero attached hydrogens (tertiary/aromatic N) is 3. The number of nitrogens with one attached hydrogen (secondary N) is 1. The van der Waals surface area contributed by atoms with E-state index < -0.39 is 0 Å². The van der Waals surface area contributed by atoms with Crippen molar-refractivity contribution in [1.29, 1.82) is 0 Å². The fourth-order valence-electron chi connectivity index (χ4n) is 5.12. The number of piperazine rings is 1. The molecule has 0 bridgehead atoms. The van der Waals surface area contributed by atoms with Crippen molar-refractivity contribution in [3.05, 3.63) is 0 Å². The summed E-state index contributed by atoms with van der Waals surface area (Å²) in [4.78, 5) is 7.86. The van der Waals surface area contributed by atoms with Gasteiger partial charge in [0.15, 0.2) is 0 Å². The maximum absolute atomic E-state index is 5.63. The van der Waals surface area contributed by atoms with E-state index in [-0.39, 0.29) is 0 Å². The smallest absolute Gasteiger partial charge is 0.0594 e. The molecule has 0 saturated carbocycles. The molecule has 3 aliphatic heterocycles. The summed E-state index contributed by atoms with van der Waals surface area (Å²) >= 11 is 0. The summed E-state index contributed by atoms with van der Waals surface area (Å²) in [7, 11) is 2.24. The molecule has 3 unspecified atom stereocenters. The molecule has 0 aliphatic carbocycles. The quantitative estimate of drug-likeness (QED) is 0.594. The van der Waals surface area contributed by atoms with Crippen LogP contribution in [0.3, 0.4) is 0 Å². The molecule has 0 radical (unpaired) electrons. The van der Waals surface area contributed by atoms with Gasteiger partial charge >= 0.3 is 0 Å². The van der Waals surface area contributed by atoms with Crippen molar-refractivity contribution < 1.29 is 9.47 Å². The second-order valence-corrected chi connectivity index (χ2v) is 9.60. The minimum absolute atomic E-state index is 0.594. The Hall–Kier alpha value is -0.240. The van der Waals surface area contributed by atoms with Gasteiger partial charge in [0.1, 0.15) is 0 Å². The van der Waals surface area contributed by atoms with Gasteiger partial charge < -0.3 is 19.7 Å². The van der Waals surface area contributed by atoms with Crippen LogP contribution < -0.4 is 5.32 Å². The van der Waals surface area contributed by atoms with E-state index in [9.17, 15) is 0 Å². The summed E-state index contributed by atoms with van der Waals surface area (Å²) in [5.74, 6) is 0. The van der Waals surface area contributed by atoms with Gasteiger partial charge in [-0.25, -0.2) is 0 Å². The van der Waals surface area contributed by atoms with E-state index in [0.29, 0.717) is 24.2 Å². The lowest BCUT2D eigenvalue weighted by atomic mass is 9.97. The Bertz CT molecular complexity index is 433. The van der Waals surface area contributed by atoms with Gasteiger partial charge in [0, 0.05) is 76.6 Å². The number of rotatable bonds is 10. The summed E-state index contributed by atoms with van der Waals surface area (Å²) in [6.45, 7) is 15.6. The number of morpholine rings is 1. The lowest BCUT2D eigenvalue weighted by molar-refractivity contribution is 0.00907. The van der Waals surface area contributed by atoms with Crippen molar-refractivity contribution in [3.63, 3.8) is 0 Å². The van der Waals surface area contributed by atoms with Crippen LogP contribution in [0.5, 0.6) is 0 Å². The van der Waals surface area contributed by atoms with Gasteiger partial charge in [-0.2, -0.15) is 0 Å². The van der Waals surface area contributed by atoms with Crippen LogP contribution in [0, 0.1) is 0 Å². The van der Waals surface area contributed by atoms with Crippen molar-refractivity contribution in [2.24, 2.45) is 0 Å². The van der Waals surface area contributed by atoms with Gasteiger partial charge in [0.05, 0.1) is 13.2 Å². The van der Waals surface area contributed by atoms with Gasteiger partial charge in [-0.1, -0.05) is 0 Å². The highest BCUT2D eigenvalue weighted by molar-refractivity contribution is 4.81. The summed E-state index contributed by atoms with van der Waals surface area (Å²) in [6, 6.07) is 2.65. The Morgan fingerprint density at radius 3 is 2.07 bits per heavy atom. The van der Waals surface area contributed by atoms with Gasteiger partial charge in [-0.15, -0.1) is 0 Å². The zero-order valence-electron chi connectivity index (χ0n) is 19.3. The first kappa shape index (κ1) is 23.4. The first-order chi connectivity index (χ1) is 14.1. The van der Waals surface area contributed by atoms with Gasteiger partial charge in [-0.3, -0.25) is 9.80 Å². The number of likely N-dealkylation sites (N-methyl/N-ethyl adjacent to an activating group) is 1. The Kier molecular flexibility index (Phi) is 10.2. The normalized spacial score (nSPS) is 27.0. The van der Waals surface area contributed by atoms with Crippen molar-refractivity contribution >= 4 is 0 Å². The molecule has 6 heteroatoms. The monoisotopic (exact) mass is 410 g/mol. The van der Waals surface area contributed by atoms with E-state index in [2.05, 4.69) is 40.9 Å². The van der Waals surface area contributed by atoms with Gasteiger partial charge in [-0.05, 0) is 59.4 Å². The Morgan fingerprint density at radius 2 is 1.38 bits per heavy atom. The van der Waals surface area contributed by atoms with Crippen LogP contribution in [0.25, 0.3) is 0 Å². The molecule has 6 nitrogen and oxygen atoms in total. The van der Waals surface area contributed by atoms with Crippen molar-refractivity contribution in [2.75, 3.05) is 72.7 Å². The molecule has 3 atom stereocenters. The molecule has 0 aromatic rings. The van der Waals surface area contributed by atoms with Crippen molar-refractivity contribution in [2.45, 2.75) is 76.5 Å². The highest BCUT2D eigenvalue weighted by Gasteiger charge is 2.25. The van der Waals surface area contributed by atoms with Crippen LogP contribution in [0.1, 0.15) is 52.4 Å². The van der Waals surface area contributed by atoms with Crippen LogP contribution >= 0.6 is 0 Å². The van der Waals surface area contributed by atoms with Crippen LogP contribution in [0.4, 0.5) is 0 Å². The molecule has 1 N–H and O–H groups in total. The largest absolute Gasteiger partial charge is 0.381 e. The lowest BCUT2D eigenvalue weighted by Crippen LogP contribution is -2.49. The van der Waals surface area contributed by atoms with E-state index in [4.69, 9.17) is 9.47 Å². The maximum Gasteiger partial charge on any atom is 0.0594 e. The molecule has 0 amide bonds. The summed E-state index contributed by atoms with van der Waals surface area (Å²) in [6.07, 6.45) is 7.53. The third-order valence-electron chi connectivity index (χ3n) is 7.32. The van der Waals surface area contributed by atoms with Gasteiger partial charge in [0.2, 0.25) is 0 Å². The summed E-state index contributed by atoms with van der Waals surface area (Å²) in [5, 5.41) is 3.86. The Morgan fingerprint density at radius 1 is 0.759 bits per heavy atom. The molecule has 3 aliphatic rings. The molecule has 3 fully saturated rings. The highest BCUT2D eigenvalue weighted by atomic mass is 16.5. The molecule has 0 spiro atoms. The average Bonchev–Trinajstić information content (AvgIpc) is 2.75. The molecule has 0 aromatic carbocycles. The molecule has 3 saturated heterocycles. The minimum atomic E-state index is 0.594. The average molecular weight is 411 g/mol. The number of hydrogen-bond acceptors (Lipinski definition) is 6. The minimum Gasteiger partial charge on any atom is -0.381 e. The second-order valence-electron chi connectivity index (χ2n) is 9.60. The lowest BCUT2D eigenvalue weighted by Gasteiger charge is -2.39. The van der Waals surface area contributed by atoms with E-state index >= 15 is 0 Å². The van der Waals surface area contributed by atoms with Crippen LogP contribution in [-0.4, -0.2) is 112 Å².